The van der Waals surface area contributed by atoms with Crippen molar-refractivity contribution in [2.45, 2.75) is 32.2 Å². The number of rotatable bonds is 3. The average molecular weight is 368 g/mol. The summed E-state index contributed by atoms with van der Waals surface area (Å²) in [6, 6.07) is 11.3. The van der Waals surface area contributed by atoms with Crippen LogP contribution in [-0.2, 0) is 6.42 Å². The molecular formula is C19H20N4O2S. The van der Waals surface area contributed by atoms with E-state index in [1.807, 2.05) is 44.3 Å². The summed E-state index contributed by atoms with van der Waals surface area (Å²) in [5.74, 6) is 1.04. The number of nitrogens with zero attached hydrogens (tertiary/aromatic N) is 3. The lowest BCUT2D eigenvalue weighted by atomic mass is 9.97. The fraction of sp³-hybridized carbons (Fsp3) is 0.316. The van der Waals surface area contributed by atoms with E-state index in [0.29, 0.717) is 11.6 Å². The molecule has 7 heteroatoms. The van der Waals surface area contributed by atoms with Gasteiger partial charge in [-0.3, -0.25) is 5.32 Å². The van der Waals surface area contributed by atoms with Crippen LogP contribution >= 0.6 is 11.3 Å². The lowest BCUT2D eigenvalue weighted by Crippen LogP contribution is -2.36. The summed E-state index contributed by atoms with van der Waals surface area (Å²) in [6.07, 6.45) is 2.99. The van der Waals surface area contributed by atoms with Crippen LogP contribution in [0.1, 0.15) is 34.5 Å². The van der Waals surface area contributed by atoms with E-state index >= 15 is 0 Å². The molecule has 1 aromatic carbocycles. The first-order chi connectivity index (χ1) is 12.6. The maximum atomic E-state index is 12.7. The Morgan fingerprint density at radius 3 is 2.96 bits per heavy atom. The van der Waals surface area contributed by atoms with Gasteiger partial charge in [0.25, 0.3) is 0 Å². The van der Waals surface area contributed by atoms with E-state index in [4.69, 9.17) is 4.52 Å². The number of hydrogen-bond donors (Lipinski definition) is 1. The summed E-state index contributed by atoms with van der Waals surface area (Å²) < 4.78 is 5.35. The van der Waals surface area contributed by atoms with Crippen LogP contribution in [0.2, 0.25) is 0 Å². The van der Waals surface area contributed by atoms with Crippen LogP contribution < -0.4 is 5.32 Å². The van der Waals surface area contributed by atoms with Crippen molar-refractivity contribution in [3.05, 3.63) is 52.0 Å². The monoisotopic (exact) mass is 368 g/mol. The first-order valence-electron chi connectivity index (χ1n) is 8.64. The zero-order valence-electron chi connectivity index (χ0n) is 14.7. The number of carbonyl (C=O) groups is 1. The Hall–Kier alpha value is -2.67. The second-order valence-electron chi connectivity index (χ2n) is 6.44. The molecule has 0 spiro atoms. The Labute approximate surface area is 155 Å². The van der Waals surface area contributed by atoms with Crippen molar-refractivity contribution >= 4 is 23.2 Å². The highest BCUT2D eigenvalue weighted by Crippen LogP contribution is 2.37. The largest absolute Gasteiger partial charge is 0.354 e. The highest BCUT2D eigenvalue weighted by molar-refractivity contribution is 7.11. The van der Waals surface area contributed by atoms with Gasteiger partial charge in [0.1, 0.15) is 0 Å². The quantitative estimate of drug-likeness (QED) is 0.730. The zero-order chi connectivity index (χ0) is 18.1. The van der Waals surface area contributed by atoms with Gasteiger partial charge in [-0.2, -0.15) is 0 Å². The predicted molar refractivity (Wildman–Crippen MR) is 101 cm³/mol. The van der Waals surface area contributed by atoms with Crippen molar-refractivity contribution in [2.75, 3.05) is 12.4 Å². The molecule has 1 aliphatic carbocycles. The van der Waals surface area contributed by atoms with Gasteiger partial charge in [0.05, 0.1) is 21.6 Å². The third-order valence-electron chi connectivity index (χ3n) is 4.62. The fourth-order valence-corrected chi connectivity index (χ4v) is 4.45. The minimum absolute atomic E-state index is 0.0606. The Morgan fingerprint density at radius 1 is 1.35 bits per heavy atom. The van der Waals surface area contributed by atoms with Gasteiger partial charge < -0.3 is 9.42 Å². The van der Waals surface area contributed by atoms with E-state index in [0.717, 1.165) is 35.5 Å². The molecule has 1 atom stereocenters. The molecule has 0 aliphatic heterocycles. The molecule has 1 N–H and O–H groups in total. The van der Waals surface area contributed by atoms with E-state index in [9.17, 15) is 4.79 Å². The molecule has 0 fully saturated rings. The van der Waals surface area contributed by atoms with Gasteiger partial charge >= 0.3 is 6.03 Å². The van der Waals surface area contributed by atoms with Crippen LogP contribution in [0.25, 0.3) is 11.3 Å². The van der Waals surface area contributed by atoms with Crippen LogP contribution in [0.5, 0.6) is 0 Å². The Bertz CT molecular complexity index is 919. The van der Waals surface area contributed by atoms with E-state index in [1.165, 1.54) is 4.88 Å². The molecule has 134 valence electrons. The number of amides is 2. The van der Waals surface area contributed by atoms with E-state index < -0.39 is 0 Å². The Morgan fingerprint density at radius 2 is 2.15 bits per heavy atom. The first kappa shape index (κ1) is 16.8. The normalized spacial score (nSPS) is 16.2. The Balaban J connectivity index is 1.48. The van der Waals surface area contributed by atoms with Crippen molar-refractivity contribution in [3.63, 3.8) is 0 Å². The highest BCUT2D eigenvalue weighted by atomic mass is 32.1. The standard InChI is InChI=1S/C19H20N4O2S/c1-12-20-14-9-6-10-15(18(14)26-12)23(2)19(24)21-17-11-16(25-22-17)13-7-4-3-5-8-13/h3-5,7-8,11,15H,6,9-10H2,1-2H3,(H,21,22,24). The van der Waals surface area contributed by atoms with Crippen LogP contribution in [0, 0.1) is 6.92 Å². The molecule has 1 aliphatic rings. The number of fused-ring (bicyclic) bond motifs is 1. The van der Waals surface area contributed by atoms with Gasteiger partial charge in [-0.1, -0.05) is 35.5 Å². The number of benzene rings is 1. The van der Waals surface area contributed by atoms with Crippen molar-refractivity contribution in [2.24, 2.45) is 0 Å². The molecule has 1 unspecified atom stereocenters. The summed E-state index contributed by atoms with van der Waals surface area (Å²) >= 11 is 1.68. The number of nitrogens with one attached hydrogen (secondary N) is 1. The minimum Gasteiger partial charge on any atom is -0.354 e. The second kappa shape index (κ2) is 6.92. The van der Waals surface area contributed by atoms with Gasteiger partial charge in [0, 0.05) is 18.7 Å². The van der Waals surface area contributed by atoms with Gasteiger partial charge in [-0.25, -0.2) is 9.78 Å². The van der Waals surface area contributed by atoms with Crippen molar-refractivity contribution in [1.29, 1.82) is 0 Å². The third kappa shape index (κ3) is 3.22. The molecule has 0 bridgehead atoms. The van der Waals surface area contributed by atoms with Gasteiger partial charge in [0.15, 0.2) is 11.6 Å². The topological polar surface area (TPSA) is 71.3 Å². The summed E-state index contributed by atoms with van der Waals surface area (Å²) in [5, 5.41) is 7.85. The average Bonchev–Trinajstić information content (AvgIpc) is 3.27. The molecule has 0 saturated heterocycles. The number of aromatic nitrogens is 2. The number of carbonyl (C=O) groups excluding carboxylic acids is 1. The summed E-state index contributed by atoms with van der Waals surface area (Å²) in [4.78, 5) is 20.2. The number of hydrogen-bond acceptors (Lipinski definition) is 5. The van der Waals surface area contributed by atoms with Gasteiger partial charge in [-0.15, -0.1) is 11.3 Å². The smallest absolute Gasteiger partial charge is 0.323 e. The molecule has 6 nitrogen and oxygen atoms in total. The number of aryl methyl sites for hydroxylation is 2. The third-order valence-corrected chi connectivity index (χ3v) is 5.73. The van der Waals surface area contributed by atoms with Crippen LogP contribution in [0.3, 0.4) is 0 Å². The fourth-order valence-electron chi connectivity index (χ4n) is 3.30. The molecule has 0 saturated carbocycles. The Kier molecular flexibility index (Phi) is 4.46. The number of thiazole rings is 1. The van der Waals surface area contributed by atoms with Gasteiger partial charge in [-0.05, 0) is 26.2 Å². The van der Waals surface area contributed by atoms with Crippen molar-refractivity contribution in [3.8, 4) is 11.3 Å². The summed E-state index contributed by atoms with van der Waals surface area (Å²) in [6.45, 7) is 2.01. The number of anilines is 1. The molecule has 2 amide bonds. The SMILES string of the molecule is Cc1nc2c(s1)C(N(C)C(=O)Nc1cc(-c3ccccc3)on1)CCC2. The lowest BCUT2D eigenvalue weighted by molar-refractivity contribution is 0.198. The summed E-state index contributed by atoms with van der Waals surface area (Å²) in [7, 11) is 1.82. The molecule has 3 aromatic rings. The predicted octanol–water partition coefficient (Wildman–Crippen LogP) is 4.65. The molecule has 4 rings (SSSR count). The molecule has 2 heterocycles. The maximum absolute atomic E-state index is 12.7. The molecule has 26 heavy (non-hydrogen) atoms. The van der Waals surface area contributed by atoms with E-state index in [2.05, 4.69) is 15.5 Å². The van der Waals surface area contributed by atoms with E-state index in [-0.39, 0.29) is 12.1 Å². The van der Waals surface area contributed by atoms with Crippen LogP contribution in [-0.4, -0.2) is 28.1 Å². The van der Waals surface area contributed by atoms with E-state index in [1.54, 1.807) is 22.3 Å². The molecule has 0 radical (unpaired) electrons. The maximum Gasteiger partial charge on any atom is 0.323 e. The van der Waals surface area contributed by atoms with Gasteiger partial charge in [0.2, 0.25) is 0 Å². The molecule has 2 aromatic heterocycles. The van der Waals surface area contributed by atoms with Crippen LogP contribution in [0.15, 0.2) is 40.9 Å². The minimum atomic E-state index is -0.193. The highest BCUT2D eigenvalue weighted by Gasteiger charge is 2.30. The lowest BCUT2D eigenvalue weighted by Gasteiger charge is -2.30. The summed E-state index contributed by atoms with van der Waals surface area (Å²) in [5.41, 5.74) is 2.06. The number of urea groups is 1. The second-order valence-corrected chi connectivity index (χ2v) is 7.67. The van der Waals surface area contributed by atoms with Crippen LogP contribution in [0.4, 0.5) is 10.6 Å². The van der Waals surface area contributed by atoms with Crippen molar-refractivity contribution < 1.29 is 9.32 Å². The molecular weight excluding hydrogens is 348 g/mol. The first-order valence-corrected chi connectivity index (χ1v) is 9.45. The zero-order valence-corrected chi connectivity index (χ0v) is 15.5. The van der Waals surface area contributed by atoms with Crippen molar-refractivity contribution in [1.82, 2.24) is 15.0 Å².